The Balaban J connectivity index is 1.68. The molecule has 1 saturated heterocycles. The summed E-state index contributed by atoms with van der Waals surface area (Å²) in [7, 11) is -3.84. The Morgan fingerprint density at radius 3 is 2.48 bits per heavy atom. The third-order valence-corrected chi connectivity index (χ3v) is 7.90. The minimum atomic E-state index is -3.84. The van der Waals surface area contributed by atoms with Crippen molar-refractivity contribution in [3.05, 3.63) is 69.8 Å². The monoisotopic (exact) mass is 415 g/mol. The summed E-state index contributed by atoms with van der Waals surface area (Å²) in [5.74, 6) is 0. The summed E-state index contributed by atoms with van der Waals surface area (Å²) >= 11 is 0. The molecule has 4 rings (SSSR count). The van der Waals surface area contributed by atoms with Gasteiger partial charge in [-0.1, -0.05) is 36.4 Å². The van der Waals surface area contributed by atoms with Crippen LogP contribution < -0.4 is 0 Å². The lowest BCUT2D eigenvalue weighted by atomic mass is 10.0. The summed E-state index contributed by atoms with van der Waals surface area (Å²) in [4.78, 5) is 13.1. The smallest absolute Gasteiger partial charge is 0.270 e. The first kappa shape index (κ1) is 20.0. The molecule has 1 saturated carbocycles. The number of nitro groups is 1. The van der Waals surface area contributed by atoms with Crippen LogP contribution in [0, 0.1) is 17.0 Å². The fourth-order valence-corrected chi connectivity index (χ4v) is 5.96. The van der Waals surface area contributed by atoms with Gasteiger partial charge in [0.05, 0.1) is 9.82 Å². The van der Waals surface area contributed by atoms with Crippen LogP contribution in [0.1, 0.15) is 24.0 Å². The summed E-state index contributed by atoms with van der Waals surface area (Å²) < 4.78 is 28.7. The third-order valence-electron chi connectivity index (χ3n) is 5.81. The molecule has 29 heavy (non-hydrogen) atoms. The van der Waals surface area contributed by atoms with Crippen LogP contribution in [0.2, 0.25) is 0 Å². The lowest BCUT2D eigenvalue weighted by Gasteiger charge is -2.41. The Labute approximate surface area is 171 Å². The molecule has 0 radical (unpaired) electrons. The zero-order valence-corrected chi connectivity index (χ0v) is 17.2. The second-order valence-corrected chi connectivity index (χ2v) is 9.75. The number of nitrogens with zero attached hydrogens (tertiary/aromatic N) is 3. The van der Waals surface area contributed by atoms with Crippen LogP contribution in [-0.4, -0.2) is 54.3 Å². The molecule has 1 atom stereocenters. The Hall–Kier alpha value is -2.29. The second-order valence-electron chi connectivity index (χ2n) is 7.89. The van der Waals surface area contributed by atoms with Crippen LogP contribution in [0.25, 0.3) is 0 Å². The van der Waals surface area contributed by atoms with Crippen LogP contribution in [0.15, 0.2) is 53.4 Å². The highest BCUT2D eigenvalue weighted by molar-refractivity contribution is 7.89. The largest absolute Gasteiger partial charge is 0.297 e. The van der Waals surface area contributed by atoms with Crippen LogP contribution >= 0.6 is 0 Å². The molecule has 2 fully saturated rings. The van der Waals surface area contributed by atoms with Gasteiger partial charge < -0.3 is 0 Å². The van der Waals surface area contributed by atoms with Crippen LogP contribution in [-0.2, 0) is 16.4 Å². The summed E-state index contributed by atoms with van der Waals surface area (Å²) in [6.45, 7) is 3.47. The van der Waals surface area contributed by atoms with Crippen molar-refractivity contribution in [3.8, 4) is 0 Å². The quantitative estimate of drug-likeness (QED) is 0.535. The van der Waals surface area contributed by atoms with E-state index in [-0.39, 0.29) is 16.6 Å². The van der Waals surface area contributed by atoms with Gasteiger partial charge in [0.1, 0.15) is 0 Å². The number of benzene rings is 2. The van der Waals surface area contributed by atoms with Gasteiger partial charge in [0.2, 0.25) is 10.0 Å². The van der Waals surface area contributed by atoms with Crippen molar-refractivity contribution in [3.63, 3.8) is 0 Å². The molecule has 1 unspecified atom stereocenters. The zero-order chi connectivity index (χ0) is 20.6. The minimum absolute atomic E-state index is 0.0321. The molecule has 154 valence electrons. The van der Waals surface area contributed by atoms with Gasteiger partial charge in [0, 0.05) is 43.9 Å². The number of non-ortho nitro benzene ring substituents is 1. The first-order valence-corrected chi connectivity index (χ1v) is 11.3. The number of piperazine rings is 1. The number of sulfonamides is 1. The first-order chi connectivity index (χ1) is 13.9. The number of aryl methyl sites for hydroxylation is 1. The van der Waals surface area contributed by atoms with Gasteiger partial charge in [0.15, 0.2) is 0 Å². The summed E-state index contributed by atoms with van der Waals surface area (Å²) in [5, 5.41) is 11.2. The maximum atomic E-state index is 13.6. The van der Waals surface area contributed by atoms with Gasteiger partial charge in [-0.3, -0.25) is 15.0 Å². The summed E-state index contributed by atoms with van der Waals surface area (Å²) in [6.07, 6.45) is 2.97. The predicted octanol–water partition coefficient (Wildman–Crippen LogP) is 2.98. The minimum Gasteiger partial charge on any atom is -0.297 e. The van der Waals surface area contributed by atoms with E-state index in [2.05, 4.69) is 4.90 Å². The van der Waals surface area contributed by atoms with Crippen LogP contribution in [0.4, 0.5) is 5.69 Å². The molecule has 8 heteroatoms. The van der Waals surface area contributed by atoms with E-state index in [1.54, 1.807) is 11.2 Å². The molecule has 0 amide bonds. The maximum Gasteiger partial charge on any atom is 0.270 e. The predicted molar refractivity (Wildman–Crippen MR) is 110 cm³/mol. The van der Waals surface area contributed by atoms with Crippen molar-refractivity contribution in [1.82, 2.24) is 9.21 Å². The van der Waals surface area contributed by atoms with Crippen molar-refractivity contribution in [2.45, 2.75) is 43.2 Å². The molecule has 0 spiro atoms. The number of nitro benzene ring substituents is 1. The molecular weight excluding hydrogens is 390 g/mol. The van der Waals surface area contributed by atoms with Gasteiger partial charge in [-0.15, -0.1) is 0 Å². The molecule has 2 aliphatic rings. The van der Waals surface area contributed by atoms with Crippen molar-refractivity contribution in [2.24, 2.45) is 0 Å². The fraction of sp³-hybridized carbons (Fsp3) is 0.429. The number of hydrogen-bond acceptors (Lipinski definition) is 5. The first-order valence-electron chi connectivity index (χ1n) is 9.91. The lowest BCUT2D eigenvalue weighted by Crippen LogP contribution is -2.56. The average Bonchev–Trinajstić information content (AvgIpc) is 3.54. The van der Waals surface area contributed by atoms with Gasteiger partial charge in [-0.05, 0) is 37.3 Å². The van der Waals surface area contributed by atoms with E-state index in [9.17, 15) is 18.5 Å². The van der Waals surface area contributed by atoms with E-state index in [0.29, 0.717) is 37.7 Å². The fourth-order valence-electron chi connectivity index (χ4n) is 4.11. The lowest BCUT2D eigenvalue weighted by molar-refractivity contribution is -0.385. The molecule has 1 heterocycles. The molecule has 2 aromatic rings. The summed E-state index contributed by atoms with van der Waals surface area (Å²) in [5.41, 5.74) is 1.41. The normalized spacial score (nSPS) is 21.2. The molecule has 1 aliphatic heterocycles. The van der Waals surface area contributed by atoms with Crippen LogP contribution in [0.5, 0.6) is 0 Å². The molecule has 1 aliphatic carbocycles. The second kappa shape index (κ2) is 7.85. The molecule has 0 aromatic heterocycles. The molecule has 0 N–H and O–H groups in total. The highest BCUT2D eigenvalue weighted by atomic mass is 32.2. The van der Waals surface area contributed by atoms with E-state index in [0.717, 1.165) is 5.56 Å². The Bertz CT molecular complexity index is 1010. The standard InChI is InChI=1S/C21H25N3O4S/c1-16-7-8-19(24(25)26)14-21(16)29(27,28)23-12-11-22(18-9-10-18)15-20(23)13-17-5-3-2-4-6-17/h2-8,14,18,20H,9-13,15H2,1H3. The van der Waals surface area contributed by atoms with E-state index in [4.69, 9.17) is 0 Å². The van der Waals surface area contributed by atoms with E-state index >= 15 is 0 Å². The Morgan fingerprint density at radius 1 is 1.10 bits per heavy atom. The third kappa shape index (κ3) is 4.19. The van der Waals surface area contributed by atoms with Crippen molar-refractivity contribution in [2.75, 3.05) is 19.6 Å². The van der Waals surface area contributed by atoms with Crippen molar-refractivity contribution < 1.29 is 13.3 Å². The van der Waals surface area contributed by atoms with Crippen molar-refractivity contribution >= 4 is 15.7 Å². The van der Waals surface area contributed by atoms with Gasteiger partial charge in [0.25, 0.3) is 5.69 Å². The van der Waals surface area contributed by atoms with E-state index in [1.807, 2.05) is 30.3 Å². The maximum absolute atomic E-state index is 13.6. The van der Waals surface area contributed by atoms with Gasteiger partial charge in [-0.2, -0.15) is 4.31 Å². The molecular formula is C21H25N3O4S. The Morgan fingerprint density at radius 2 is 1.83 bits per heavy atom. The molecule has 2 aromatic carbocycles. The number of rotatable bonds is 6. The zero-order valence-electron chi connectivity index (χ0n) is 16.4. The van der Waals surface area contributed by atoms with E-state index < -0.39 is 14.9 Å². The SMILES string of the molecule is Cc1ccc([N+](=O)[O-])cc1S(=O)(=O)N1CCN(C2CC2)CC1Cc1ccccc1. The molecule has 0 bridgehead atoms. The highest BCUT2D eigenvalue weighted by Crippen LogP contribution is 2.33. The topological polar surface area (TPSA) is 83.8 Å². The van der Waals surface area contributed by atoms with E-state index in [1.165, 1.54) is 31.0 Å². The average molecular weight is 416 g/mol. The van der Waals surface area contributed by atoms with Gasteiger partial charge in [-0.25, -0.2) is 8.42 Å². The summed E-state index contributed by atoms with van der Waals surface area (Å²) in [6, 6.07) is 14.3. The molecule has 7 nitrogen and oxygen atoms in total. The number of hydrogen-bond donors (Lipinski definition) is 0. The van der Waals surface area contributed by atoms with Crippen molar-refractivity contribution in [1.29, 1.82) is 0 Å². The Kier molecular flexibility index (Phi) is 5.42. The highest BCUT2D eigenvalue weighted by Gasteiger charge is 2.41. The van der Waals surface area contributed by atoms with Crippen LogP contribution in [0.3, 0.4) is 0 Å². The van der Waals surface area contributed by atoms with Gasteiger partial charge >= 0.3 is 0 Å².